The minimum atomic E-state index is -0.718. The van der Waals surface area contributed by atoms with Crippen LogP contribution in [-0.2, 0) is 4.79 Å². The minimum Gasteiger partial charge on any atom is -0.390 e. The Balaban J connectivity index is 1.78. The Kier molecular flexibility index (Phi) is 3.56. The molecule has 22 heavy (non-hydrogen) atoms. The largest absolute Gasteiger partial charge is 0.390 e. The third-order valence-corrected chi connectivity index (χ3v) is 4.71. The highest BCUT2D eigenvalue weighted by atomic mass is 16.3. The van der Waals surface area contributed by atoms with E-state index in [1.165, 1.54) is 0 Å². The zero-order chi connectivity index (χ0) is 15.9. The molecule has 2 aliphatic heterocycles. The lowest BCUT2D eigenvalue weighted by molar-refractivity contribution is -0.114. The van der Waals surface area contributed by atoms with Crippen LogP contribution >= 0.6 is 0 Å². The Morgan fingerprint density at radius 3 is 2.91 bits per heavy atom. The van der Waals surface area contributed by atoms with Crippen molar-refractivity contribution in [2.75, 3.05) is 30.3 Å². The van der Waals surface area contributed by atoms with Crippen LogP contribution in [-0.4, -0.2) is 47.1 Å². The van der Waals surface area contributed by atoms with E-state index in [4.69, 9.17) is 0 Å². The van der Waals surface area contributed by atoms with Crippen molar-refractivity contribution >= 4 is 23.2 Å². The molecule has 2 heterocycles. The van der Waals surface area contributed by atoms with Crippen molar-refractivity contribution in [2.45, 2.75) is 25.9 Å². The summed E-state index contributed by atoms with van der Waals surface area (Å²) < 4.78 is 0. The standard InChI is InChI=1S/C16H21N3O3/c1-10-9-19(6-5-16(10,2)22)15(21)11-3-4-12-13(7-11)18-14(20)8-17-12/h3-4,7,10,17,22H,5-6,8-9H2,1-2H3,(H,18,20). The van der Waals surface area contributed by atoms with E-state index in [2.05, 4.69) is 10.6 Å². The molecule has 1 fully saturated rings. The fraction of sp³-hybridized carbons (Fsp3) is 0.500. The Morgan fingerprint density at radius 2 is 2.18 bits per heavy atom. The number of carbonyl (C=O) groups excluding carboxylic acids is 2. The van der Waals surface area contributed by atoms with Gasteiger partial charge in [0, 0.05) is 24.6 Å². The number of benzene rings is 1. The number of fused-ring (bicyclic) bond motifs is 1. The molecule has 118 valence electrons. The van der Waals surface area contributed by atoms with Crippen molar-refractivity contribution in [2.24, 2.45) is 5.92 Å². The number of amides is 2. The summed E-state index contributed by atoms with van der Waals surface area (Å²) in [5, 5.41) is 16.0. The lowest BCUT2D eigenvalue weighted by atomic mass is 9.84. The van der Waals surface area contributed by atoms with E-state index in [-0.39, 0.29) is 24.3 Å². The van der Waals surface area contributed by atoms with E-state index in [9.17, 15) is 14.7 Å². The molecule has 0 aliphatic carbocycles. The van der Waals surface area contributed by atoms with Crippen LogP contribution in [0.15, 0.2) is 18.2 Å². The first-order chi connectivity index (χ1) is 10.4. The Labute approximate surface area is 129 Å². The third-order valence-electron chi connectivity index (χ3n) is 4.71. The van der Waals surface area contributed by atoms with Crippen LogP contribution in [0, 0.1) is 5.92 Å². The topological polar surface area (TPSA) is 81.7 Å². The first kappa shape index (κ1) is 14.8. The molecule has 2 unspecified atom stereocenters. The molecule has 3 rings (SSSR count). The molecule has 0 saturated carbocycles. The quantitative estimate of drug-likeness (QED) is 0.730. The van der Waals surface area contributed by atoms with Crippen LogP contribution in [0.4, 0.5) is 11.4 Å². The van der Waals surface area contributed by atoms with Crippen LogP contribution in [0.1, 0.15) is 30.6 Å². The number of carbonyl (C=O) groups is 2. The number of hydrogen-bond donors (Lipinski definition) is 3. The van der Waals surface area contributed by atoms with Gasteiger partial charge in [0.15, 0.2) is 0 Å². The highest BCUT2D eigenvalue weighted by molar-refractivity contribution is 6.03. The number of hydrogen-bond acceptors (Lipinski definition) is 4. The predicted molar refractivity (Wildman–Crippen MR) is 83.9 cm³/mol. The zero-order valence-corrected chi connectivity index (χ0v) is 12.8. The summed E-state index contributed by atoms with van der Waals surface area (Å²) >= 11 is 0. The van der Waals surface area contributed by atoms with Gasteiger partial charge < -0.3 is 20.6 Å². The second-order valence-corrected chi connectivity index (χ2v) is 6.42. The van der Waals surface area contributed by atoms with Crippen molar-refractivity contribution in [1.29, 1.82) is 0 Å². The number of nitrogens with zero attached hydrogens (tertiary/aromatic N) is 1. The lowest BCUT2D eigenvalue weighted by Gasteiger charge is -2.41. The molecular weight excluding hydrogens is 282 g/mol. The summed E-state index contributed by atoms with van der Waals surface area (Å²) in [4.78, 5) is 25.8. The highest BCUT2D eigenvalue weighted by Crippen LogP contribution is 2.30. The maximum absolute atomic E-state index is 12.6. The normalized spacial score (nSPS) is 27.7. The molecular formula is C16H21N3O3. The molecule has 1 aromatic carbocycles. The van der Waals surface area contributed by atoms with Crippen molar-refractivity contribution in [3.8, 4) is 0 Å². The van der Waals surface area contributed by atoms with E-state index in [0.29, 0.717) is 30.8 Å². The summed E-state index contributed by atoms with van der Waals surface area (Å²) in [5.41, 5.74) is 1.30. The molecule has 0 bridgehead atoms. The molecule has 2 atom stereocenters. The molecule has 6 nitrogen and oxygen atoms in total. The van der Waals surface area contributed by atoms with E-state index < -0.39 is 5.60 Å². The molecule has 1 aromatic rings. The average Bonchev–Trinajstić information content (AvgIpc) is 2.48. The first-order valence-corrected chi connectivity index (χ1v) is 7.56. The third kappa shape index (κ3) is 2.66. The molecule has 2 amide bonds. The van der Waals surface area contributed by atoms with E-state index in [1.807, 2.05) is 19.9 Å². The van der Waals surface area contributed by atoms with Gasteiger partial charge in [0.05, 0.1) is 23.5 Å². The minimum absolute atomic E-state index is 0.0317. The fourth-order valence-electron chi connectivity index (χ4n) is 2.90. The fourth-order valence-corrected chi connectivity index (χ4v) is 2.90. The Morgan fingerprint density at radius 1 is 1.41 bits per heavy atom. The van der Waals surface area contributed by atoms with Crippen LogP contribution < -0.4 is 10.6 Å². The summed E-state index contributed by atoms with van der Waals surface area (Å²) in [6.07, 6.45) is 0.573. The van der Waals surface area contributed by atoms with Gasteiger partial charge in [-0.05, 0) is 31.5 Å². The van der Waals surface area contributed by atoms with Crippen molar-refractivity contribution in [1.82, 2.24) is 4.90 Å². The summed E-state index contributed by atoms with van der Waals surface area (Å²) in [5.74, 6) is -0.145. The van der Waals surface area contributed by atoms with E-state index in [0.717, 1.165) is 5.69 Å². The predicted octanol–water partition coefficient (Wildman–Crippen LogP) is 1.28. The van der Waals surface area contributed by atoms with Gasteiger partial charge in [-0.3, -0.25) is 9.59 Å². The van der Waals surface area contributed by atoms with Crippen LogP contribution in [0.3, 0.4) is 0 Å². The summed E-state index contributed by atoms with van der Waals surface area (Å²) in [6, 6.07) is 5.29. The first-order valence-electron chi connectivity index (χ1n) is 7.56. The molecule has 2 aliphatic rings. The molecule has 3 N–H and O–H groups in total. The number of nitrogens with one attached hydrogen (secondary N) is 2. The Hall–Kier alpha value is -2.08. The van der Waals surface area contributed by atoms with Gasteiger partial charge >= 0.3 is 0 Å². The second-order valence-electron chi connectivity index (χ2n) is 6.42. The number of aliphatic hydroxyl groups is 1. The van der Waals surface area contributed by atoms with Gasteiger partial charge in [0.2, 0.25) is 5.91 Å². The van der Waals surface area contributed by atoms with E-state index in [1.54, 1.807) is 17.0 Å². The number of anilines is 2. The SMILES string of the molecule is CC1CN(C(=O)c2ccc3c(c2)NC(=O)CN3)CCC1(C)O. The number of likely N-dealkylation sites (tertiary alicyclic amines) is 1. The second kappa shape index (κ2) is 5.28. The lowest BCUT2D eigenvalue weighted by Crippen LogP contribution is -2.50. The summed E-state index contributed by atoms with van der Waals surface area (Å²) in [6.45, 7) is 5.10. The molecule has 0 aromatic heterocycles. The van der Waals surface area contributed by atoms with Gasteiger partial charge in [0.1, 0.15) is 0 Å². The van der Waals surface area contributed by atoms with Crippen molar-refractivity contribution < 1.29 is 14.7 Å². The highest BCUT2D eigenvalue weighted by Gasteiger charge is 2.36. The van der Waals surface area contributed by atoms with Gasteiger partial charge in [-0.1, -0.05) is 6.92 Å². The van der Waals surface area contributed by atoms with Gasteiger partial charge in [-0.15, -0.1) is 0 Å². The smallest absolute Gasteiger partial charge is 0.253 e. The summed E-state index contributed by atoms with van der Waals surface area (Å²) in [7, 11) is 0. The van der Waals surface area contributed by atoms with Gasteiger partial charge in [-0.2, -0.15) is 0 Å². The monoisotopic (exact) mass is 303 g/mol. The maximum atomic E-state index is 12.6. The maximum Gasteiger partial charge on any atom is 0.253 e. The van der Waals surface area contributed by atoms with Crippen LogP contribution in [0.5, 0.6) is 0 Å². The Bertz CT molecular complexity index is 627. The van der Waals surface area contributed by atoms with Gasteiger partial charge in [0.25, 0.3) is 5.91 Å². The molecule has 1 saturated heterocycles. The number of rotatable bonds is 1. The molecule has 6 heteroatoms. The van der Waals surface area contributed by atoms with Crippen molar-refractivity contribution in [3.63, 3.8) is 0 Å². The number of piperidine rings is 1. The molecule has 0 spiro atoms. The van der Waals surface area contributed by atoms with Crippen LogP contribution in [0.25, 0.3) is 0 Å². The van der Waals surface area contributed by atoms with Crippen LogP contribution in [0.2, 0.25) is 0 Å². The van der Waals surface area contributed by atoms with Crippen molar-refractivity contribution in [3.05, 3.63) is 23.8 Å². The van der Waals surface area contributed by atoms with E-state index >= 15 is 0 Å². The average molecular weight is 303 g/mol. The molecule has 0 radical (unpaired) electrons. The zero-order valence-electron chi connectivity index (χ0n) is 12.8. The van der Waals surface area contributed by atoms with Gasteiger partial charge in [-0.25, -0.2) is 0 Å².